The summed E-state index contributed by atoms with van der Waals surface area (Å²) in [7, 11) is 2.22. The number of amides is 1. The molecule has 1 amide bonds. The lowest BCUT2D eigenvalue weighted by Crippen LogP contribution is -2.52. The van der Waals surface area contributed by atoms with Gasteiger partial charge in [-0.2, -0.15) is 0 Å². The van der Waals surface area contributed by atoms with E-state index >= 15 is 0 Å². The van der Waals surface area contributed by atoms with Crippen molar-refractivity contribution in [3.8, 4) is 0 Å². The molecule has 0 aromatic carbocycles. The maximum atomic E-state index is 12.4. The molecule has 1 saturated carbocycles. The molecule has 2 aliphatic heterocycles. The molecule has 4 heteroatoms. The SMILES string of the molecule is C[C@@H]1CN(C)CCN1CC1CCN(C(=O)CC2CCCC2)CC1. The molecule has 2 heterocycles. The fourth-order valence-corrected chi connectivity index (χ4v) is 4.74. The Kier molecular flexibility index (Phi) is 5.97. The van der Waals surface area contributed by atoms with Crippen LogP contribution in [0.15, 0.2) is 0 Å². The van der Waals surface area contributed by atoms with Gasteiger partial charge in [0.2, 0.25) is 5.91 Å². The first-order valence-electron chi connectivity index (χ1n) is 9.82. The minimum atomic E-state index is 0.434. The Morgan fingerprint density at radius 2 is 1.65 bits per heavy atom. The molecule has 23 heavy (non-hydrogen) atoms. The highest BCUT2D eigenvalue weighted by Gasteiger charge is 2.29. The van der Waals surface area contributed by atoms with Crippen LogP contribution in [0.3, 0.4) is 0 Å². The average Bonchev–Trinajstić information content (AvgIpc) is 3.04. The fourth-order valence-electron chi connectivity index (χ4n) is 4.74. The van der Waals surface area contributed by atoms with Gasteiger partial charge in [-0.05, 0) is 51.5 Å². The zero-order valence-corrected chi connectivity index (χ0v) is 15.2. The molecule has 2 saturated heterocycles. The van der Waals surface area contributed by atoms with E-state index in [1.54, 1.807) is 0 Å². The highest BCUT2D eigenvalue weighted by Crippen LogP contribution is 2.29. The fraction of sp³-hybridized carbons (Fsp3) is 0.947. The first-order chi connectivity index (χ1) is 11.1. The molecule has 0 radical (unpaired) electrons. The number of hydrogen-bond donors (Lipinski definition) is 0. The van der Waals surface area contributed by atoms with Crippen molar-refractivity contribution in [3.05, 3.63) is 0 Å². The number of piperidine rings is 1. The van der Waals surface area contributed by atoms with Gasteiger partial charge >= 0.3 is 0 Å². The van der Waals surface area contributed by atoms with Gasteiger partial charge in [-0.25, -0.2) is 0 Å². The highest BCUT2D eigenvalue weighted by molar-refractivity contribution is 5.76. The van der Waals surface area contributed by atoms with Crippen molar-refractivity contribution >= 4 is 5.91 Å². The van der Waals surface area contributed by atoms with Crippen LogP contribution in [0.25, 0.3) is 0 Å². The van der Waals surface area contributed by atoms with Crippen LogP contribution in [0.5, 0.6) is 0 Å². The van der Waals surface area contributed by atoms with E-state index in [1.165, 1.54) is 64.7 Å². The van der Waals surface area contributed by atoms with Crippen molar-refractivity contribution in [2.75, 3.05) is 46.3 Å². The topological polar surface area (TPSA) is 26.8 Å². The van der Waals surface area contributed by atoms with Crippen LogP contribution < -0.4 is 0 Å². The summed E-state index contributed by atoms with van der Waals surface area (Å²) >= 11 is 0. The number of likely N-dealkylation sites (N-methyl/N-ethyl adjacent to an activating group) is 1. The second-order valence-corrected chi connectivity index (χ2v) is 8.28. The molecule has 132 valence electrons. The number of carbonyl (C=O) groups is 1. The molecule has 0 unspecified atom stereocenters. The van der Waals surface area contributed by atoms with Gasteiger partial charge < -0.3 is 9.80 Å². The van der Waals surface area contributed by atoms with Gasteiger partial charge in [0.1, 0.15) is 0 Å². The number of hydrogen-bond acceptors (Lipinski definition) is 3. The maximum absolute atomic E-state index is 12.4. The molecule has 0 aromatic heterocycles. The third-order valence-corrected chi connectivity index (χ3v) is 6.37. The van der Waals surface area contributed by atoms with Crippen LogP contribution in [0.4, 0.5) is 0 Å². The lowest BCUT2D eigenvalue weighted by molar-refractivity contribution is -0.133. The Morgan fingerprint density at radius 1 is 0.957 bits per heavy atom. The zero-order chi connectivity index (χ0) is 16.2. The predicted molar refractivity (Wildman–Crippen MR) is 94.4 cm³/mol. The Labute approximate surface area is 142 Å². The van der Waals surface area contributed by atoms with Crippen LogP contribution in [-0.2, 0) is 4.79 Å². The van der Waals surface area contributed by atoms with Crippen LogP contribution in [-0.4, -0.2) is 73.0 Å². The summed E-state index contributed by atoms with van der Waals surface area (Å²) in [5.41, 5.74) is 0. The molecule has 4 nitrogen and oxygen atoms in total. The van der Waals surface area contributed by atoms with Crippen molar-refractivity contribution < 1.29 is 4.79 Å². The van der Waals surface area contributed by atoms with E-state index in [-0.39, 0.29) is 0 Å². The van der Waals surface area contributed by atoms with Crippen molar-refractivity contribution in [1.29, 1.82) is 0 Å². The summed E-state index contributed by atoms with van der Waals surface area (Å²) < 4.78 is 0. The van der Waals surface area contributed by atoms with Gasteiger partial charge in [0, 0.05) is 51.7 Å². The van der Waals surface area contributed by atoms with Crippen LogP contribution in [0.2, 0.25) is 0 Å². The summed E-state index contributed by atoms with van der Waals surface area (Å²) in [6, 6.07) is 0.677. The largest absolute Gasteiger partial charge is 0.343 e. The molecule has 0 spiro atoms. The maximum Gasteiger partial charge on any atom is 0.222 e. The number of likely N-dealkylation sites (tertiary alicyclic amines) is 1. The minimum Gasteiger partial charge on any atom is -0.343 e. The predicted octanol–water partition coefficient (Wildman–Crippen LogP) is 2.44. The summed E-state index contributed by atoms with van der Waals surface area (Å²) in [5, 5.41) is 0. The van der Waals surface area contributed by atoms with E-state index in [2.05, 4.69) is 28.7 Å². The quantitative estimate of drug-likeness (QED) is 0.796. The van der Waals surface area contributed by atoms with Crippen molar-refractivity contribution in [1.82, 2.24) is 14.7 Å². The van der Waals surface area contributed by atoms with Crippen LogP contribution >= 0.6 is 0 Å². The lowest BCUT2D eigenvalue weighted by atomic mass is 9.94. The normalized spacial score (nSPS) is 29.3. The molecule has 1 aliphatic carbocycles. The van der Waals surface area contributed by atoms with Crippen LogP contribution in [0.1, 0.15) is 51.9 Å². The van der Waals surface area contributed by atoms with Gasteiger partial charge in [0.15, 0.2) is 0 Å². The number of carbonyl (C=O) groups excluding carboxylic acids is 1. The average molecular weight is 322 g/mol. The third-order valence-electron chi connectivity index (χ3n) is 6.37. The Hall–Kier alpha value is -0.610. The van der Waals surface area contributed by atoms with E-state index in [0.29, 0.717) is 17.9 Å². The second-order valence-electron chi connectivity index (χ2n) is 8.28. The number of piperazine rings is 1. The molecule has 0 aromatic rings. The van der Waals surface area contributed by atoms with Gasteiger partial charge in [-0.15, -0.1) is 0 Å². The molecule has 1 atom stereocenters. The van der Waals surface area contributed by atoms with E-state index in [9.17, 15) is 4.79 Å². The molecular weight excluding hydrogens is 286 g/mol. The molecule has 3 fully saturated rings. The summed E-state index contributed by atoms with van der Waals surface area (Å²) in [6.07, 6.45) is 8.46. The first-order valence-corrected chi connectivity index (χ1v) is 9.82. The van der Waals surface area contributed by atoms with E-state index < -0.39 is 0 Å². The lowest BCUT2D eigenvalue weighted by Gasteiger charge is -2.41. The zero-order valence-electron chi connectivity index (χ0n) is 15.2. The summed E-state index contributed by atoms with van der Waals surface area (Å²) in [6.45, 7) is 9.19. The van der Waals surface area contributed by atoms with E-state index in [1.807, 2.05) is 0 Å². The minimum absolute atomic E-state index is 0.434. The molecule has 0 N–H and O–H groups in total. The van der Waals surface area contributed by atoms with Crippen molar-refractivity contribution in [2.45, 2.75) is 57.9 Å². The Morgan fingerprint density at radius 3 is 2.30 bits per heavy atom. The smallest absolute Gasteiger partial charge is 0.222 e. The first kappa shape index (κ1) is 17.2. The second kappa shape index (κ2) is 7.98. The molecule has 3 rings (SSSR count). The van der Waals surface area contributed by atoms with Crippen molar-refractivity contribution in [3.63, 3.8) is 0 Å². The molecule has 3 aliphatic rings. The molecule has 0 bridgehead atoms. The number of rotatable bonds is 4. The number of nitrogens with zero attached hydrogens (tertiary/aromatic N) is 3. The highest BCUT2D eigenvalue weighted by atomic mass is 16.2. The molecular formula is C19H35N3O. The van der Waals surface area contributed by atoms with E-state index in [4.69, 9.17) is 0 Å². The Bertz CT molecular complexity index is 386. The standard InChI is InChI=1S/C19H35N3O/c1-16-14-20(2)11-12-22(16)15-18-7-9-21(10-8-18)19(23)13-17-5-3-4-6-17/h16-18H,3-15H2,1-2H3/t16-/m1/s1. The summed E-state index contributed by atoms with van der Waals surface area (Å²) in [5.74, 6) is 1.91. The van der Waals surface area contributed by atoms with E-state index in [0.717, 1.165) is 25.4 Å². The van der Waals surface area contributed by atoms with Gasteiger partial charge in [-0.3, -0.25) is 9.69 Å². The van der Waals surface area contributed by atoms with Gasteiger partial charge in [0.25, 0.3) is 0 Å². The third kappa shape index (κ3) is 4.69. The van der Waals surface area contributed by atoms with Gasteiger partial charge in [0.05, 0.1) is 0 Å². The van der Waals surface area contributed by atoms with Crippen molar-refractivity contribution in [2.24, 2.45) is 11.8 Å². The van der Waals surface area contributed by atoms with Gasteiger partial charge in [-0.1, -0.05) is 12.8 Å². The van der Waals surface area contributed by atoms with Crippen LogP contribution in [0, 0.1) is 11.8 Å². The monoisotopic (exact) mass is 321 g/mol. The summed E-state index contributed by atoms with van der Waals surface area (Å²) in [4.78, 5) is 19.7. The Balaban J connectivity index is 1.38.